The second kappa shape index (κ2) is 10.7. The molecule has 2 aliphatic rings. The number of morpholine rings is 1. The smallest absolute Gasteiger partial charge is 0.220 e. The number of carbonyl (C=O) groups excluding carboxylic acids is 1. The molecule has 2 unspecified atom stereocenters. The minimum Gasteiger partial charge on any atom is -0.373 e. The average molecular weight is 368 g/mol. The highest BCUT2D eigenvalue weighted by atomic mass is 16.5. The highest BCUT2D eigenvalue weighted by Crippen LogP contribution is 2.20. The summed E-state index contributed by atoms with van der Waals surface area (Å²) in [6.07, 6.45) is 4.51. The van der Waals surface area contributed by atoms with Gasteiger partial charge < -0.3 is 20.3 Å². The molecule has 7 nitrogen and oxygen atoms in total. The van der Waals surface area contributed by atoms with Crippen LogP contribution < -0.4 is 10.6 Å². The zero-order chi connectivity index (χ0) is 18.9. The maximum Gasteiger partial charge on any atom is 0.220 e. The first-order chi connectivity index (χ1) is 12.5. The number of hydrogen-bond acceptors (Lipinski definition) is 4. The van der Waals surface area contributed by atoms with Crippen molar-refractivity contribution in [1.82, 2.24) is 20.4 Å². The van der Waals surface area contributed by atoms with Crippen LogP contribution in [-0.2, 0) is 9.53 Å². The van der Waals surface area contributed by atoms with Crippen molar-refractivity contribution in [3.63, 3.8) is 0 Å². The monoisotopic (exact) mass is 367 g/mol. The van der Waals surface area contributed by atoms with Crippen LogP contribution >= 0.6 is 0 Å². The summed E-state index contributed by atoms with van der Waals surface area (Å²) in [5.74, 6) is 1.64. The number of hydrogen-bond donors (Lipinski definition) is 2. The van der Waals surface area contributed by atoms with Gasteiger partial charge in [-0.3, -0.25) is 14.7 Å². The maximum absolute atomic E-state index is 11.5. The van der Waals surface area contributed by atoms with Crippen LogP contribution in [0.15, 0.2) is 4.99 Å². The van der Waals surface area contributed by atoms with E-state index in [0.717, 1.165) is 64.5 Å². The molecule has 0 spiro atoms. The zero-order valence-corrected chi connectivity index (χ0v) is 17.0. The number of guanidine groups is 1. The third kappa shape index (κ3) is 6.76. The fraction of sp³-hybridized carbons (Fsp3) is 0.895. The summed E-state index contributed by atoms with van der Waals surface area (Å²) in [6.45, 7) is 10.3. The molecule has 0 bridgehead atoms. The summed E-state index contributed by atoms with van der Waals surface area (Å²) < 4.78 is 5.79. The van der Waals surface area contributed by atoms with E-state index in [2.05, 4.69) is 39.3 Å². The van der Waals surface area contributed by atoms with Crippen molar-refractivity contribution in [3.05, 3.63) is 0 Å². The first-order valence-electron chi connectivity index (χ1n) is 10.1. The van der Waals surface area contributed by atoms with Crippen molar-refractivity contribution in [2.75, 3.05) is 53.4 Å². The lowest BCUT2D eigenvalue weighted by atomic mass is 9.93. The fourth-order valence-corrected chi connectivity index (χ4v) is 4.02. The Morgan fingerprint density at radius 2 is 1.85 bits per heavy atom. The van der Waals surface area contributed by atoms with Gasteiger partial charge in [0, 0.05) is 59.8 Å². The van der Waals surface area contributed by atoms with Gasteiger partial charge in [-0.2, -0.15) is 0 Å². The van der Waals surface area contributed by atoms with Gasteiger partial charge in [0.1, 0.15) is 0 Å². The molecule has 0 aromatic heterocycles. The molecule has 1 amide bonds. The molecule has 2 heterocycles. The largest absolute Gasteiger partial charge is 0.373 e. The van der Waals surface area contributed by atoms with Crippen LogP contribution in [-0.4, -0.2) is 87.2 Å². The molecule has 2 rings (SSSR count). The fourth-order valence-electron chi connectivity index (χ4n) is 4.02. The summed E-state index contributed by atoms with van der Waals surface area (Å²) in [6, 6.07) is 0. The van der Waals surface area contributed by atoms with Gasteiger partial charge in [-0.1, -0.05) is 0 Å². The predicted molar refractivity (Wildman–Crippen MR) is 105 cm³/mol. The molecule has 2 N–H and O–H groups in total. The first kappa shape index (κ1) is 21.0. The second-order valence-corrected chi connectivity index (χ2v) is 7.65. The summed E-state index contributed by atoms with van der Waals surface area (Å²) >= 11 is 0. The van der Waals surface area contributed by atoms with E-state index in [0.29, 0.717) is 24.5 Å². The van der Waals surface area contributed by atoms with Gasteiger partial charge in [-0.25, -0.2) is 0 Å². The van der Waals surface area contributed by atoms with Crippen LogP contribution in [0.2, 0.25) is 0 Å². The van der Waals surface area contributed by atoms with Gasteiger partial charge in [0.25, 0.3) is 0 Å². The highest BCUT2D eigenvalue weighted by Gasteiger charge is 2.23. The van der Waals surface area contributed by atoms with Crippen molar-refractivity contribution < 1.29 is 9.53 Å². The molecule has 0 aromatic rings. The molecule has 0 aliphatic carbocycles. The van der Waals surface area contributed by atoms with E-state index in [1.54, 1.807) is 7.05 Å². The van der Waals surface area contributed by atoms with Crippen molar-refractivity contribution in [2.45, 2.75) is 51.7 Å². The predicted octanol–water partition coefficient (Wildman–Crippen LogP) is 0.909. The van der Waals surface area contributed by atoms with Crippen molar-refractivity contribution in [1.29, 1.82) is 0 Å². The number of amides is 1. The van der Waals surface area contributed by atoms with E-state index >= 15 is 0 Å². The van der Waals surface area contributed by atoms with E-state index in [1.807, 2.05) is 7.05 Å². The first-order valence-corrected chi connectivity index (χ1v) is 10.1. The van der Waals surface area contributed by atoms with Crippen LogP contribution in [0.5, 0.6) is 0 Å². The number of likely N-dealkylation sites (tertiary alicyclic amines) is 1. The molecule has 0 radical (unpaired) electrons. The Labute approximate surface area is 158 Å². The average Bonchev–Trinajstić information content (AvgIpc) is 2.62. The number of carbonyl (C=O) groups is 1. The highest BCUT2D eigenvalue weighted by molar-refractivity contribution is 5.80. The van der Waals surface area contributed by atoms with E-state index in [1.165, 1.54) is 0 Å². The summed E-state index contributed by atoms with van der Waals surface area (Å²) in [4.78, 5) is 20.8. The number of piperidine rings is 1. The minimum atomic E-state index is 0.151. The minimum absolute atomic E-state index is 0.151. The summed E-state index contributed by atoms with van der Waals surface area (Å²) in [7, 11) is 3.56. The quantitative estimate of drug-likeness (QED) is 0.415. The van der Waals surface area contributed by atoms with Gasteiger partial charge in [-0.15, -0.1) is 0 Å². The topological polar surface area (TPSA) is 69.2 Å². The third-order valence-electron chi connectivity index (χ3n) is 5.31. The van der Waals surface area contributed by atoms with Crippen LogP contribution in [0.4, 0.5) is 0 Å². The van der Waals surface area contributed by atoms with Crippen molar-refractivity contribution in [2.24, 2.45) is 10.9 Å². The Morgan fingerprint density at radius 1 is 1.19 bits per heavy atom. The normalized spacial score (nSPS) is 26.0. The molecular formula is C19H37N5O2. The Balaban J connectivity index is 1.64. The van der Waals surface area contributed by atoms with Gasteiger partial charge in [0.05, 0.1) is 12.2 Å². The zero-order valence-electron chi connectivity index (χ0n) is 17.0. The molecular weight excluding hydrogens is 330 g/mol. The molecule has 2 aliphatic heterocycles. The maximum atomic E-state index is 11.5. The van der Waals surface area contributed by atoms with Gasteiger partial charge in [-0.05, 0) is 39.0 Å². The number of rotatable bonds is 6. The SMILES string of the molecule is CN=C(NCCCN1CC(C)OC(C)C1)N1CCC(CC(=O)NC)CC1. The molecule has 26 heavy (non-hydrogen) atoms. The second-order valence-electron chi connectivity index (χ2n) is 7.65. The summed E-state index contributed by atoms with van der Waals surface area (Å²) in [5.41, 5.74) is 0. The van der Waals surface area contributed by atoms with Gasteiger partial charge in [0.2, 0.25) is 5.91 Å². The molecule has 0 aromatic carbocycles. The molecule has 7 heteroatoms. The van der Waals surface area contributed by atoms with E-state index in [9.17, 15) is 4.79 Å². The van der Waals surface area contributed by atoms with Crippen LogP contribution in [0.1, 0.15) is 39.5 Å². The van der Waals surface area contributed by atoms with E-state index < -0.39 is 0 Å². The number of nitrogens with zero attached hydrogens (tertiary/aromatic N) is 3. The lowest BCUT2D eigenvalue weighted by Crippen LogP contribution is -2.48. The van der Waals surface area contributed by atoms with E-state index in [4.69, 9.17) is 4.74 Å². The van der Waals surface area contributed by atoms with Crippen LogP contribution in [0.3, 0.4) is 0 Å². The Kier molecular flexibility index (Phi) is 8.65. The molecule has 2 atom stereocenters. The number of ether oxygens (including phenoxy) is 1. The Morgan fingerprint density at radius 3 is 2.42 bits per heavy atom. The lowest BCUT2D eigenvalue weighted by Gasteiger charge is -2.36. The molecule has 2 saturated heterocycles. The lowest BCUT2D eigenvalue weighted by molar-refractivity contribution is -0.121. The molecule has 2 fully saturated rings. The van der Waals surface area contributed by atoms with E-state index in [-0.39, 0.29) is 5.91 Å². The standard InChI is InChI=1S/C19H37N5O2/c1-15-13-23(14-16(2)26-15)9-5-8-22-19(21-4)24-10-6-17(7-11-24)12-18(25)20-3/h15-17H,5-14H2,1-4H3,(H,20,25)(H,21,22). The van der Waals surface area contributed by atoms with Gasteiger partial charge >= 0.3 is 0 Å². The van der Waals surface area contributed by atoms with Crippen LogP contribution in [0.25, 0.3) is 0 Å². The molecule has 0 saturated carbocycles. The summed E-state index contributed by atoms with van der Waals surface area (Å²) in [5, 5.41) is 6.23. The van der Waals surface area contributed by atoms with Gasteiger partial charge in [0.15, 0.2) is 5.96 Å². The van der Waals surface area contributed by atoms with Crippen molar-refractivity contribution in [3.8, 4) is 0 Å². The third-order valence-corrected chi connectivity index (χ3v) is 5.31. The van der Waals surface area contributed by atoms with Crippen LogP contribution in [0, 0.1) is 5.92 Å². The van der Waals surface area contributed by atoms with Crippen molar-refractivity contribution >= 4 is 11.9 Å². The number of aliphatic imine (C=N–C) groups is 1. The Bertz CT molecular complexity index is 453. The number of nitrogens with one attached hydrogen (secondary N) is 2. The molecule has 150 valence electrons. The Hall–Kier alpha value is -1.34.